The van der Waals surface area contributed by atoms with Crippen molar-refractivity contribution >= 4 is 23.2 Å². The van der Waals surface area contributed by atoms with Crippen LogP contribution in [-0.4, -0.2) is 20.2 Å². The number of hydrogen-bond donors (Lipinski definition) is 1. The van der Waals surface area contributed by atoms with Gasteiger partial charge in [0.2, 0.25) is 0 Å². The highest BCUT2D eigenvalue weighted by Gasteiger charge is 2.29. The van der Waals surface area contributed by atoms with Gasteiger partial charge in [-0.15, -0.1) is 0 Å². The van der Waals surface area contributed by atoms with Gasteiger partial charge in [0.1, 0.15) is 0 Å². The highest BCUT2D eigenvalue weighted by atomic mass is 35.5. The summed E-state index contributed by atoms with van der Waals surface area (Å²) < 4.78 is 5.76. The first-order valence-electron chi connectivity index (χ1n) is 5.43. The van der Waals surface area contributed by atoms with Gasteiger partial charge in [0.15, 0.2) is 0 Å². The van der Waals surface area contributed by atoms with Crippen LogP contribution in [0.4, 0.5) is 0 Å². The summed E-state index contributed by atoms with van der Waals surface area (Å²) >= 11 is 12.0. The largest absolute Gasteiger partial charge is 0.373 e. The van der Waals surface area contributed by atoms with E-state index in [4.69, 9.17) is 27.9 Å². The maximum Gasteiger partial charge on any atom is 0.0867 e. The summed E-state index contributed by atoms with van der Waals surface area (Å²) in [6.07, 6.45) is 1.19. The summed E-state index contributed by atoms with van der Waals surface area (Å²) in [6.45, 7) is 1.76. The normalized spacial score (nSPS) is 24.9. The minimum absolute atomic E-state index is 0.114. The van der Waals surface area contributed by atoms with E-state index in [9.17, 15) is 0 Å². The Labute approximate surface area is 106 Å². The molecule has 0 aromatic heterocycles. The second kappa shape index (κ2) is 5.37. The van der Waals surface area contributed by atoms with Crippen LogP contribution in [-0.2, 0) is 4.74 Å². The molecule has 0 aliphatic carbocycles. The molecule has 0 bridgehead atoms. The monoisotopic (exact) mass is 259 g/mol. The molecule has 1 aliphatic rings. The molecular weight excluding hydrogens is 245 g/mol. The van der Waals surface area contributed by atoms with Crippen LogP contribution >= 0.6 is 23.2 Å². The molecule has 88 valence electrons. The van der Waals surface area contributed by atoms with Crippen LogP contribution in [0.3, 0.4) is 0 Å². The van der Waals surface area contributed by atoms with Gasteiger partial charge in [-0.3, -0.25) is 0 Å². The van der Waals surface area contributed by atoms with Gasteiger partial charge >= 0.3 is 0 Å². The Kier molecular flexibility index (Phi) is 4.09. The van der Waals surface area contributed by atoms with Gasteiger partial charge in [0, 0.05) is 29.1 Å². The molecule has 4 heteroatoms. The third-order valence-corrected chi connectivity index (χ3v) is 3.33. The van der Waals surface area contributed by atoms with E-state index >= 15 is 0 Å². The van der Waals surface area contributed by atoms with Gasteiger partial charge in [-0.25, -0.2) is 0 Å². The van der Waals surface area contributed by atoms with Crippen LogP contribution in [0.1, 0.15) is 18.1 Å². The standard InChI is InChI=1S/C12H15Cl2NO/c1-15-7-8-2-3-16-12(8)9-4-10(13)6-11(14)5-9/h4-6,8,12,15H,2-3,7H2,1H3. The van der Waals surface area contributed by atoms with Crippen molar-refractivity contribution in [3.8, 4) is 0 Å². The topological polar surface area (TPSA) is 21.3 Å². The molecule has 2 nitrogen and oxygen atoms in total. The van der Waals surface area contributed by atoms with Crippen LogP contribution in [0.15, 0.2) is 18.2 Å². The molecule has 1 saturated heterocycles. The first-order valence-corrected chi connectivity index (χ1v) is 6.18. The molecule has 1 heterocycles. The first kappa shape index (κ1) is 12.2. The number of benzene rings is 1. The predicted molar refractivity (Wildman–Crippen MR) is 67.2 cm³/mol. The predicted octanol–water partition coefficient (Wildman–Crippen LogP) is 3.29. The van der Waals surface area contributed by atoms with Crippen molar-refractivity contribution in [2.24, 2.45) is 5.92 Å². The highest BCUT2D eigenvalue weighted by molar-refractivity contribution is 6.34. The molecule has 0 radical (unpaired) electrons. The second-order valence-electron chi connectivity index (χ2n) is 4.10. The van der Waals surface area contributed by atoms with Gasteiger partial charge in [0.05, 0.1) is 6.10 Å². The lowest BCUT2D eigenvalue weighted by Gasteiger charge is -2.19. The molecule has 0 amide bonds. The zero-order valence-electron chi connectivity index (χ0n) is 9.17. The molecule has 0 saturated carbocycles. The number of hydrogen-bond acceptors (Lipinski definition) is 2. The fourth-order valence-corrected chi connectivity index (χ4v) is 2.76. The molecule has 2 atom stereocenters. The second-order valence-corrected chi connectivity index (χ2v) is 4.97. The van der Waals surface area contributed by atoms with Crippen LogP contribution in [0.2, 0.25) is 10.0 Å². The van der Waals surface area contributed by atoms with Crippen LogP contribution in [0, 0.1) is 5.92 Å². The molecule has 1 aromatic carbocycles. The Morgan fingerprint density at radius 1 is 1.31 bits per heavy atom. The van der Waals surface area contributed by atoms with E-state index in [0.717, 1.165) is 25.1 Å². The Morgan fingerprint density at radius 2 is 2.00 bits per heavy atom. The third-order valence-electron chi connectivity index (χ3n) is 2.89. The smallest absolute Gasteiger partial charge is 0.0867 e. The summed E-state index contributed by atoms with van der Waals surface area (Å²) in [7, 11) is 1.96. The van der Waals surface area contributed by atoms with Crippen LogP contribution < -0.4 is 5.32 Å². The fraction of sp³-hybridized carbons (Fsp3) is 0.500. The van der Waals surface area contributed by atoms with Crippen molar-refractivity contribution in [1.29, 1.82) is 0 Å². The third kappa shape index (κ3) is 2.69. The number of halogens is 2. The lowest BCUT2D eigenvalue weighted by atomic mass is 9.95. The lowest BCUT2D eigenvalue weighted by Crippen LogP contribution is -2.21. The average Bonchev–Trinajstić information content (AvgIpc) is 2.65. The first-order chi connectivity index (χ1) is 7.70. The van der Waals surface area contributed by atoms with Crippen molar-refractivity contribution in [2.75, 3.05) is 20.2 Å². The van der Waals surface area contributed by atoms with E-state index in [-0.39, 0.29) is 6.10 Å². The lowest BCUT2D eigenvalue weighted by molar-refractivity contribution is 0.0910. The average molecular weight is 260 g/mol. The molecule has 16 heavy (non-hydrogen) atoms. The zero-order valence-corrected chi connectivity index (χ0v) is 10.7. The number of nitrogens with one attached hydrogen (secondary N) is 1. The van der Waals surface area contributed by atoms with Gasteiger partial charge < -0.3 is 10.1 Å². The van der Waals surface area contributed by atoms with Crippen molar-refractivity contribution in [2.45, 2.75) is 12.5 Å². The van der Waals surface area contributed by atoms with Gasteiger partial charge in [0.25, 0.3) is 0 Å². The van der Waals surface area contributed by atoms with Gasteiger partial charge in [-0.1, -0.05) is 23.2 Å². The van der Waals surface area contributed by atoms with Crippen molar-refractivity contribution in [3.05, 3.63) is 33.8 Å². The van der Waals surface area contributed by atoms with Crippen molar-refractivity contribution in [3.63, 3.8) is 0 Å². The van der Waals surface area contributed by atoms with E-state index in [1.165, 1.54) is 0 Å². The van der Waals surface area contributed by atoms with Gasteiger partial charge in [-0.05, 0) is 37.2 Å². The zero-order chi connectivity index (χ0) is 11.5. The Hall–Kier alpha value is -0.280. The minimum atomic E-state index is 0.114. The van der Waals surface area contributed by atoms with Crippen LogP contribution in [0.25, 0.3) is 0 Å². The van der Waals surface area contributed by atoms with E-state index in [1.54, 1.807) is 6.07 Å². The highest BCUT2D eigenvalue weighted by Crippen LogP contribution is 2.36. The maximum atomic E-state index is 6.00. The van der Waals surface area contributed by atoms with Crippen molar-refractivity contribution in [1.82, 2.24) is 5.32 Å². The summed E-state index contributed by atoms with van der Waals surface area (Å²) in [5, 5.41) is 4.53. The molecule has 2 unspecified atom stereocenters. The van der Waals surface area contributed by atoms with Crippen molar-refractivity contribution < 1.29 is 4.74 Å². The summed E-state index contributed by atoms with van der Waals surface area (Å²) in [5.74, 6) is 0.500. The molecule has 2 rings (SSSR count). The van der Waals surface area contributed by atoms with E-state index < -0.39 is 0 Å². The molecule has 1 N–H and O–H groups in total. The van der Waals surface area contributed by atoms with E-state index in [0.29, 0.717) is 16.0 Å². The summed E-state index contributed by atoms with van der Waals surface area (Å²) in [5.41, 5.74) is 1.08. The fourth-order valence-electron chi connectivity index (χ4n) is 2.21. The van der Waals surface area contributed by atoms with Crippen LogP contribution in [0.5, 0.6) is 0 Å². The molecule has 0 spiro atoms. The molecule has 1 aliphatic heterocycles. The SMILES string of the molecule is CNCC1CCOC1c1cc(Cl)cc(Cl)c1. The quantitative estimate of drug-likeness (QED) is 0.900. The minimum Gasteiger partial charge on any atom is -0.373 e. The van der Waals surface area contributed by atoms with E-state index in [1.807, 2.05) is 19.2 Å². The number of rotatable bonds is 3. The molecular formula is C12H15Cl2NO. The summed E-state index contributed by atoms with van der Waals surface area (Å²) in [6, 6.07) is 5.62. The molecule has 1 fully saturated rings. The van der Waals surface area contributed by atoms with Gasteiger partial charge in [-0.2, -0.15) is 0 Å². The Morgan fingerprint density at radius 3 is 2.62 bits per heavy atom. The maximum absolute atomic E-state index is 6.00. The Bertz CT molecular complexity index is 350. The Balaban J connectivity index is 2.21. The number of ether oxygens (including phenoxy) is 1. The van der Waals surface area contributed by atoms with E-state index in [2.05, 4.69) is 5.32 Å². The summed E-state index contributed by atoms with van der Waals surface area (Å²) in [4.78, 5) is 0. The molecule has 1 aromatic rings.